The SMILES string of the molecule is NCCOc1ccc(Cl)cc1C(=O)N[C@@H](Cc1ccccc1)C(=O)Nc1ccc([N+](=O)[O-])cc1Cl. The second-order valence-electron chi connectivity index (χ2n) is 7.40. The van der Waals surface area contributed by atoms with E-state index in [4.69, 9.17) is 33.7 Å². The Morgan fingerprint density at radius 2 is 1.80 bits per heavy atom. The average Bonchev–Trinajstić information content (AvgIpc) is 2.84. The van der Waals surface area contributed by atoms with Gasteiger partial charge in [0.15, 0.2) is 0 Å². The van der Waals surface area contributed by atoms with Crippen LogP contribution in [-0.4, -0.2) is 35.9 Å². The van der Waals surface area contributed by atoms with Gasteiger partial charge in [-0.25, -0.2) is 0 Å². The zero-order valence-electron chi connectivity index (χ0n) is 18.4. The molecule has 0 saturated heterocycles. The number of nitrogens with zero attached hydrogens (tertiary/aromatic N) is 1. The first-order valence-electron chi connectivity index (χ1n) is 10.5. The lowest BCUT2D eigenvalue weighted by atomic mass is 10.0. The van der Waals surface area contributed by atoms with Crippen LogP contribution in [0.4, 0.5) is 11.4 Å². The first-order valence-corrected chi connectivity index (χ1v) is 11.3. The highest BCUT2D eigenvalue weighted by molar-refractivity contribution is 6.34. The van der Waals surface area contributed by atoms with Crippen LogP contribution in [0.1, 0.15) is 15.9 Å². The monoisotopic (exact) mass is 516 g/mol. The van der Waals surface area contributed by atoms with Gasteiger partial charge in [0.2, 0.25) is 5.91 Å². The highest BCUT2D eigenvalue weighted by Gasteiger charge is 2.25. The highest BCUT2D eigenvalue weighted by atomic mass is 35.5. The van der Waals surface area contributed by atoms with E-state index in [1.54, 1.807) is 12.1 Å². The summed E-state index contributed by atoms with van der Waals surface area (Å²) in [5.41, 5.74) is 6.40. The second kappa shape index (κ2) is 12.2. The lowest BCUT2D eigenvalue weighted by molar-refractivity contribution is -0.384. The Bertz CT molecular complexity index is 1220. The maximum atomic E-state index is 13.2. The number of hydrogen-bond acceptors (Lipinski definition) is 6. The zero-order valence-corrected chi connectivity index (χ0v) is 19.9. The van der Waals surface area contributed by atoms with Crippen molar-refractivity contribution in [2.24, 2.45) is 5.73 Å². The summed E-state index contributed by atoms with van der Waals surface area (Å²) in [4.78, 5) is 36.7. The van der Waals surface area contributed by atoms with Crippen LogP contribution in [0, 0.1) is 10.1 Å². The summed E-state index contributed by atoms with van der Waals surface area (Å²) in [5, 5.41) is 16.6. The molecule has 0 saturated carbocycles. The van der Waals surface area contributed by atoms with Gasteiger partial charge < -0.3 is 21.1 Å². The quantitative estimate of drug-likeness (QED) is 0.272. The number of amides is 2. The van der Waals surface area contributed by atoms with Gasteiger partial charge in [-0.15, -0.1) is 0 Å². The van der Waals surface area contributed by atoms with Crippen molar-refractivity contribution in [2.45, 2.75) is 12.5 Å². The van der Waals surface area contributed by atoms with Crippen LogP contribution in [-0.2, 0) is 11.2 Å². The summed E-state index contributed by atoms with van der Waals surface area (Å²) >= 11 is 12.2. The van der Waals surface area contributed by atoms with E-state index in [1.807, 2.05) is 30.3 Å². The van der Waals surface area contributed by atoms with Crippen molar-refractivity contribution < 1.29 is 19.2 Å². The summed E-state index contributed by atoms with van der Waals surface area (Å²) in [5.74, 6) is -0.871. The fourth-order valence-electron chi connectivity index (χ4n) is 3.21. The number of nitro benzene ring substituents is 1. The van der Waals surface area contributed by atoms with Gasteiger partial charge in [0.25, 0.3) is 11.6 Å². The van der Waals surface area contributed by atoms with E-state index >= 15 is 0 Å². The molecular formula is C24H22Cl2N4O5. The Kier molecular flexibility index (Phi) is 9.02. The average molecular weight is 517 g/mol. The van der Waals surface area contributed by atoms with E-state index in [0.29, 0.717) is 5.02 Å². The fraction of sp³-hybridized carbons (Fsp3) is 0.167. The van der Waals surface area contributed by atoms with Crippen molar-refractivity contribution in [3.05, 3.63) is 98.0 Å². The molecule has 4 N–H and O–H groups in total. The van der Waals surface area contributed by atoms with Crippen LogP contribution < -0.4 is 21.1 Å². The van der Waals surface area contributed by atoms with Gasteiger partial charge >= 0.3 is 0 Å². The Morgan fingerprint density at radius 1 is 1.06 bits per heavy atom. The molecule has 0 aliphatic rings. The van der Waals surface area contributed by atoms with Gasteiger partial charge in [0.05, 0.1) is 21.2 Å². The van der Waals surface area contributed by atoms with E-state index in [2.05, 4.69) is 10.6 Å². The first-order chi connectivity index (χ1) is 16.8. The molecule has 11 heteroatoms. The number of carbonyl (C=O) groups is 2. The summed E-state index contributed by atoms with van der Waals surface area (Å²) in [6.45, 7) is 0.438. The number of ether oxygens (including phenoxy) is 1. The van der Waals surface area contributed by atoms with Crippen molar-refractivity contribution >= 4 is 46.4 Å². The van der Waals surface area contributed by atoms with Crippen molar-refractivity contribution in [2.75, 3.05) is 18.5 Å². The molecule has 0 aliphatic heterocycles. The third-order valence-corrected chi connectivity index (χ3v) is 5.44. The van der Waals surface area contributed by atoms with Gasteiger partial charge in [0, 0.05) is 30.1 Å². The van der Waals surface area contributed by atoms with Gasteiger partial charge in [-0.05, 0) is 29.8 Å². The molecule has 3 rings (SSSR count). The van der Waals surface area contributed by atoms with Gasteiger partial charge in [-0.1, -0.05) is 53.5 Å². The number of non-ortho nitro benzene ring substituents is 1. The second-order valence-corrected chi connectivity index (χ2v) is 8.25. The van der Waals surface area contributed by atoms with Crippen LogP contribution in [0.5, 0.6) is 5.75 Å². The summed E-state index contributed by atoms with van der Waals surface area (Å²) in [6.07, 6.45) is 0.169. The molecule has 0 heterocycles. The number of halogens is 2. The zero-order chi connectivity index (χ0) is 25.4. The van der Waals surface area contributed by atoms with Crippen molar-refractivity contribution in [3.8, 4) is 5.75 Å². The number of nitrogens with two attached hydrogens (primary N) is 1. The Hall–Kier alpha value is -3.66. The van der Waals surface area contributed by atoms with Crippen LogP contribution in [0.25, 0.3) is 0 Å². The Labute approximate surface area is 211 Å². The molecule has 9 nitrogen and oxygen atoms in total. The topological polar surface area (TPSA) is 137 Å². The van der Waals surface area contributed by atoms with E-state index in [1.165, 1.54) is 18.2 Å². The molecule has 182 valence electrons. The molecule has 0 aromatic heterocycles. The van der Waals surface area contributed by atoms with Crippen LogP contribution in [0.3, 0.4) is 0 Å². The summed E-state index contributed by atoms with van der Waals surface area (Å²) in [7, 11) is 0. The molecule has 0 spiro atoms. The molecule has 0 aliphatic carbocycles. The fourth-order valence-corrected chi connectivity index (χ4v) is 3.60. The lowest BCUT2D eigenvalue weighted by Crippen LogP contribution is -2.45. The minimum atomic E-state index is -1.02. The van der Waals surface area contributed by atoms with E-state index in [9.17, 15) is 19.7 Å². The molecule has 0 fully saturated rings. The standard InChI is InChI=1S/C24H22Cl2N4O5/c25-16-6-9-22(35-11-10-27)18(13-16)23(31)29-21(12-15-4-2-1-3-5-15)24(32)28-20-8-7-17(30(33)34)14-19(20)26/h1-9,13-14,21H,10-12,27H2,(H,28,32)(H,29,31)/t21-/m0/s1. The molecule has 2 amide bonds. The summed E-state index contributed by atoms with van der Waals surface area (Å²) in [6, 6.07) is 16.3. The number of benzene rings is 3. The predicted octanol–water partition coefficient (Wildman–Crippen LogP) is 4.22. The number of hydrogen-bond donors (Lipinski definition) is 3. The van der Waals surface area contributed by atoms with Crippen LogP contribution in [0.15, 0.2) is 66.7 Å². The van der Waals surface area contributed by atoms with E-state index in [0.717, 1.165) is 11.6 Å². The number of anilines is 1. The number of carbonyl (C=O) groups excluding carboxylic acids is 2. The third-order valence-electron chi connectivity index (χ3n) is 4.89. The molecular weight excluding hydrogens is 495 g/mol. The maximum Gasteiger partial charge on any atom is 0.271 e. The third kappa shape index (κ3) is 7.16. The Balaban J connectivity index is 1.86. The highest BCUT2D eigenvalue weighted by Crippen LogP contribution is 2.27. The predicted molar refractivity (Wildman–Crippen MR) is 134 cm³/mol. The minimum absolute atomic E-state index is 0.00958. The first kappa shape index (κ1) is 26.0. The van der Waals surface area contributed by atoms with E-state index in [-0.39, 0.29) is 47.3 Å². The van der Waals surface area contributed by atoms with Crippen LogP contribution >= 0.6 is 23.2 Å². The van der Waals surface area contributed by atoms with Gasteiger partial charge in [-0.3, -0.25) is 19.7 Å². The molecule has 0 radical (unpaired) electrons. The molecule has 0 unspecified atom stereocenters. The largest absolute Gasteiger partial charge is 0.491 e. The smallest absolute Gasteiger partial charge is 0.271 e. The molecule has 3 aromatic carbocycles. The van der Waals surface area contributed by atoms with E-state index < -0.39 is 22.8 Å². The molecule has 3 aromatic rings. The number of rotatable bonds is 10. The van der Waals surface area contributed by atoms with Gasteiger partial charge in [0.1, 0.15) is 18.4 Å². The lowest BCUT2D eigenvalue weighted by Gasteiger charge is -2.20. The molecule has 1 atom stereocenters. The van der Waals surface area contributed by atoms with Crippen molar-refractivity contribution in [1.82, 2.24) is 5.32 Å². The molecule has 0 bridgehead atoms. The summed E-state index contributed by atoms with van der Waals surface area (Å²) < 4.78 is 5.55. The molecule has 35 heavy (non-hydrogen) atoms. The number of nitro groups is 1. The van der Waals surface area contributed by atoms with Crippen molar-refractivity contribution in [1.29, 1.82) is 0 Å². The Morgan fingerprint density at radius 3 is 2.46 bits per heavy atom. The minimum Gasteiger partial charge on any atom is -0.491 e. The van der Waals surface area contributed by atoms with Crippen LogP contribution in [0.2, 0.25) is 10.0 Å². The number of nitrogens with one attached hydrogen (secondary N) is 2. The maximum absolute atomic E-state index is 13.2. The normalized spacial score (nSPS) is 11.4. The van der Waals surface area contributed by atoms with Crippen molar-refractivity contribution in [3.63, 3.8) is 0 Å². The van der Waals surface area contributed by atoms with Gasteiger partial charge in [-0.2, -0.15) is 0 Å².